The second-order valence-electron chi connectivity index (χ2n) is 3.36. The Morgan fingerprint density at radius 3 is 2.53 bits per heavy atom. The second-order valence-corrected chi connectivity index (χ2v) is 3.36. The van der Waals surface area contributed by atoms with Gasteiger partial charge in [0.2, 0.25) is 0 Å². The van der Waals surface area contributed by atoms with E-state index in [0.717, 1.165) is 5.69 Å². The normalized spacial score (nSPS) is 12.7. The van der Waals surface area contributed by atoms with Gasteiger partial charge < -0.3 is 10.8 Å². The number of aliphatic hydroxyl groups excluding tert-OH is 1. The molecule has 0 aliphatic rings. The van der Waals surface area contributed by atoms with E-state index in [1.165, 1.54) is 0 Å². The molecule has 0 aliphatic heterocycles. The standard InChI is InChI=1S/C10H12N4O/c1-7(15)10-6-14(13-12-10)9-4-2-8(11)3-5-9/h2-7,15H,11H2,1H3. The number of hydrogen-bond acceptors (Lipinski definition) is 4. The van der Waals surface area contributed by atoms with Crippen molar-refractivity contribution in [3.05, 3.63) is 36.2 Å². The second kappa shape index (κ2) is 3.70. The Kier molecular flexibility index (Phi) is 2.39. The zero-order chi connectivity index (χ0) is 10.8. The summed E-state index contributed by atoms with van der Waals surface area (Å²) >= 11 is 0. The first-order chi connectivity index (χ1) is 7.16. The summed E-state index contributed by atoms with van der Waals surface area (Å²) in [5.74, 6) is 0. The maximum atomic E-state index is 9.29. The molecule has 1 unspecified atom stereocenters. The molecule has 0 amide bonds. The minimum Gasteiger partial charge on any atom is -0.399 e. The maximum Gasteiger partial charge on any atom is 0.111 e. The first-order valence-electron chi connectivity index (χ1n) is 4.63. The third-order valence-corrected chi connectivity index (χ3v) is 2.10. The lowest BCUT2D eigenvalue weighted by Crippen LogP contribution is -1.95. The lowest BCUT2D eigenvalue weighted by atomic mass is 10.3. The van der Waals surface area contributed by atoms with Crippen LogP contribution in [0.25, 0.3) is 5.69 Å². The van der Waals surface area contributed by atoms with Crippen LogP contribution in [0.2, 0.25) is 0 Å². The number of anilines is 1. The van der Waals surface area contributed by atoms with Gasteiger partial charge in [0.05, 0.1) is 18.0 Å². The third-order valence-electron chi connectivity index (χ3n) is 2.10. The summed E-state index contributed by atoms with van der Waals surface area (Å²) in [7, 11) is 0. The summed E-state index contributed by atoms with van der Waals surface area (Å²) in [6.07, 6.45) is 1.09. The Hall–Kier alpha value is -1.88. The molecule has 1 aromatic heterocycles. The van der Waals surface area contributed by atoms with Crippen molar-refractivity contribution >= 4 is 5.69 Å². The number of nitrogens with zero attached hydrogens (tertiary/aromatic N) is 3. The molecular formula is C10H12N4O. The molecule has 0 saturated carbocycles. The highest BCUT2D eigenvalue weighted by molar-refractivity contribution is 5.44. The van der Waals surface area contributed by atoms with Gasteiger partial charge in [-0.1, -0.05) is 5.21 Å². The van der Waals surface area contributed by atoms with Crippen LogP contribution in [0.4, 0.5) is 5.69 Å². The first kappa shape index (κ1) is 9.67. The SMILES string of the molecule is CC(O)c1cn(-c2ccc(N)cc2)nn1. The van der Waals surface area contributed by atoms with Crippen LogP contribution in [-0.2, 0) is 0 Å². The minimum atomic E-state index is -0.604. The molecule has 0 aliphatic carbocycles. The van der Waals surface area contributed by atoms with Gasteiger partial charge in [0.15, 0.2) is 0 Å². The van der Waals surface area contributed by atoms with Crippen molar-refractivity contribution in [2.45, 2.75) is 13.0 Å². The third kappa shape index (κ3) is 1.97. The highest BCUT2D eigenvalue weighted by Crippen LogP contribution is 2.12. The van der Waals surface area contributed by atoms with Crippen LogP contribution in [-0.4, -0.2) is 20.1 Å². The van der Waals surface area contributed by atoms with Gasteiger partial charge in [-0.15, -0.1) is 5.10 Å². The fourth-order valence-electron chi connectivity index (χ4n) is 1.22. The van der Waals surface area contributed by atoms with E-state index >= 15 is 0 Å². The smallest absolute Gasteiger partial charge is 0.111 e. The molecule has 2 rings (SSSR count). The highest BCUT2D eigenvalue weighted by atomic mass is 16.3. The van der Waals surface area contributed by atoms with Gasteiger partial charge in [-0.3, -0.25) is 0 Å². The van der Waals surface area contributed by atoms with Crippen molar-refractivity contribution < 1.29 is 5.11 Å². The Morgan fingerprint density at radius 2 is 2.00 bits per heavy atom. The van der Waals surface area contributed by atoms with Crippen molar-refractivity contribution in [3.8, 4) is 5.69 Å². The zero-order valence-electron chi connectivity index (χ0n) is 8.33. The minimum absolute atomic E-state index is 0.548. The van der Waals surface area contributed by atoms with Crippen molar-refractivity contribution in [2.24, 2.45) is 0 Å². The molecule has 0 spiro atoms. The topological polar surface area (TPSA) is 77.0 Å². The predicted molar refractivity (Wildman–Crippen MR) is 56.4 cm³/mol. The molecule has 3 N–H and O–H groups in total. The van der Waals surface area contributed by atoms with Gasteiger partial charge in [0, 0.05) is 5.69 Å². The molecule has 0 fully saturated rings. The fourth-order valence-corrected chi connectivity index (χ4v) is 1.22. The van der Waals surface area contributed by atoms with Crippen LogP contribution in [0.1, 0.15) is 18.7 Å². The molecule has 1 heterocycles. The van der Waals surface area contributed by atoms with Crippen LogP contribution < -0.4 is 5.73 Å². The lowest BCUT2D eigenvalue weighted by Gasteiger charge is -1.99. The van der Waals surface area contributed by atoms with Crippen molar-refractivity contribution in [1.29, 1.82) is 0 Å². The summed E-state index contributed by atoms with van der Waals surface area (Å²) in [5.41, 5.74) is 7.69. The monoisotopic (exact) mass is 204 g/mol. The van der Waals surface area contributed by atoms with E-state index in [1.54, 1.807) is 29.9 Å². The maximum absolute atomic E-state index is 9.29. The summed E-state index contributed by atoms with van der Waals surface area (Å²) in [5, 5.41) is 17.0. The summed E-state index contributed by atoms with van der Waals surface area (Å²) in [6, 6.07) is 7.27. The number of hydrogen-bond donors (Lipinski definition) is 2. The van der Waals surface area contributed by atoms with E-state index < -0.39 is 6.10 Å². The van der Waals surface area contributed by atoms with E-state index in [-0.39, 0.29) is 0 Å². The van der Waals surface area contributed by atoms with Crippen LogP contribution in [0.3, 0.4) is 0 Å². The summed E-state index contributed by atoms with van der Waals surface area (Å²) in [4.78, 5) is 0. The molecule has 2 aromatic rings. The van der Waals surface area contributed by atoms with Gasteiger partial charge in [0.1, 0.15) is 5.69 Å². The molecule has 1 atom stereocenters. The van der Waals surface area contributed by atoms with Crippen molar-refractivity contribution in [3.63, 3.8) is 0 Å². The van der Waals surface area contributed by atoms with Crippen molar-refractivity contribution in [1.82, 2.24) is 15.0 Å². The molecule has 5 nitrogen and oxygen atoms in total. The number of nitrogens with two attached hydrogens (primary N) is 1. The van der Waals surface area contributed by atoms with Gasteiger partial charge in [-0.25, -0.2) is 4.68 Å². The molecule has 0 radical (unpaired) electrons. The van der Waals surface area contributed by atoms with E-state index in [1.807, 2.05) is 12.1 Å². The Labute approximate surface area is 87.1 Å². The quantitative estimate of drug-likeness (QED) is 0.712. The van der Waals surface area contributed by atoms with E-state index in [2.05, 4.69) is 10.3 Å². The number of aliphatic hydroxyl groups is 1. The van der Waals surface area contributed by atoms with Gasteiger partial charge in [0.25, 0.3) is 0 Å². The number of nitrogen functional groups attached to an aromatic ring is 1. The number of aromatic nitrogens is 3. The highest BCUT2D eigenvalue weighted by Gasteiger charge is 2.06. The fraction of sp³-hybridized carbons (Fsp3) is 0.200. The summed E-state index contributed by atoms with van der Waals surface area (Å²) < 4.78 is 1.60. The van der Waals surface area contributed by atoms with Crippen LogP contribution >= 0.6 is 0 Å². The molecule has 0 bridgehead atoms. The lowest BCUT2D eigenvalue weighted by molar-refractivity contribution is 0.194. The average Bonchev–Trinajstić information content (AvgIpc) is 2.68. The largest absolute Gasteiger partial charge is 0.399 e. The number of benzene rings is 1. The average molecular weight is 204 g/mol. The Morgan fingerprint density at radius 1 is 1.33 bits per heavy atom. The van der Waals surface area contributed by atoms with Gasteiger partial charge in [-0.05, 0) is 31.2 Å². The van der Waals surface area contributed by atoms with Crippen LogP contribution in [0, 0.1) is 0 Å². The molecule has 15 heavy (non-hydrogen) atoms. The Balaban J connectivity index is 2.33. The van der Waals surface area contributed by atoms with E-state index in [0.29, 0.717) is 11.4 Å². The van der Waals surface area contributed by atoms with Crippen LogP contribution in [0.5, 0.6) is 0 Å². The molecule has 0 saturated heterocycles. The van der Waals surface area contributed by atoms with Crippen LogP contribution in [0.15, 0.2) is 30.5 Å². The van der Waals surface area contributed by atoms with E-state index in [9.17, 15) is 5.11 Å². The van der Waals surface area contributed by atoms with E-state index in [4.69, 9.17) is 5.73 Å². The first-order valence-corrected chi connectivity index (χ1v) is 4.63. The molecule has 1 aromatic carbocycles. The Bertz CT molecular complexity index is 447. The molecule has 5 heteroatoms. The number of rotatable bonds is 2. The zero-order valence-corrected chi connectivity index (χ0v) is 8.33. The van der Waals surface area contributed by atoms with Gasteiger partial charge in [-0.2, -0.15) is 0 Å². The van der Waals surface area contributed by atoms with Gasteiger partial charge >= 0.3 is 0 Å². The molecular weight excluding hydrogens is 192 g/mol. The predicted octanol–water partition coefficient (Wildman–Crippen LogP) is 0.903. The molecule has 78 valence electrons. The van der Waals surface area contributed by atoms with Crippen molar-refractivity contribution in [2.75, 3.05) is 5.73 Å². The summed E-state index contributed by atoms with van der Waals surface area (Å²) in [6.45, 7) is 1.65.